The SMILES string of the molecule is Cc1ccc2c(c1)c(-c1cc(N)n(C)n1)cn2C. The first-order valence-corrected chi connectivity index (χ1v) is 5.92. The minimum Gasteiger partial charge on any atom is -0.384 e. The fourth-order valence-corrected chi connectivity index (χ4v) is 2.32. The summed E-state index contributed by atoms with van der Waals surface area (Å²) in [5.74, 6) is 0.676. The fourth-order valence-electron chi connectivity index (χ4n) is 2.32. The van der Waals surface area contributed by atoms with E-state index < -0.39 is 0 Å². The number of aromatic nitrogens is 3. The summed E-state index contributed by atoms with van der Waals surface area (Å²) in [5.41, 5.74) is 10.4. The maximum Gasteiger partial charge on any atom is 0.121 e. The highest BCUT2D eigenvalue weighted by Gasteiger charge is 2.12. The standard InChI is InChI=1S/C14H16N4/c1-9-4-5-13-10(6-9)11(8-17(13)2)12-7-14(15)18(3)16-12/h4-8H,15H2,1-3H3. The molecule has 18 heavy (non-hydrogen) atoms. The lowest BCUT2D eigenvalue weighted by atomic mass is 10.1. The number of benzene rings is 1. The van der Waals surface area contributed by atoms with E-state index in [2.05, 4.69) is 41.0 Å². The molecule has 0 saturated heterocycles. The van der Waals surface area contributed by atoms with E-state index in [9.17, 15) is 0 Å². The van der Waals surface area contributed by atoms with Crippen LogP contribution in [-0.2, 0) is 14.1 Å². The van der Waals surface area contributed by atoms with E-state index in [1.807, 2.05) is 20.2 Å². The van der Waals surface area contributed by atoms with Crippen LogP contribution in [0.25, 0.3) is 22.2 Å². The smallest absolute Gasteiger partial charge is 0.121 e. The van der Waals surface area contributed by atoms with Crippen LogP contribution in [0.2, 0.25) is 0 Å². The predicted molar refractivity (Wildman–Crippen MR) is 74.3 cm³/mol. The van der Waals surface area contributed by atoms with Gasteiger partial charge in [0.15, 0.2) is 0 Å². The summed E-state index contributed by atoms with van der Waals surface area (Å²) in [6.45, 7) is 2.10. The van der Waals surface area contributed by atoms with E-state index in [1.165, 1.54) is 16.5 Å². The number of rotatable bonds is 1. The molecule has 3 aromatic rings. The molecule has 92 valence electrons. The van der Waals surface area contributed by atoms with Crippen LogP contribution in [0.15, 0.2) is 30.5 Å². The summed E-state index contributed by atoms with van der Waals surface area (Å²) in [6, 6.07) is 8.37. The molecular formula is C14H16N4. The number of aryl methyl sites for hydroxylation is 3. The van der Waals surface area contributed by atoms with Crippen molar-refractivity contribution in [1.29, 1.82) is 0 Å². The Morgan fingerprint density at radius 3 is 2.61 bits per heavy atom. The van der Waals surface area contributed by atoms with Crippen molar-refractivity contribution in [1.82, 2.24) is 14.3 Å². The molecule has 4 nitrogen and oxygen atoms in total. The van der Waals surface area contributed by atoms with Gasteiger partial charge >= 0.3 is 0 Å². The highest BCUT2D eigenvalue weighted by molar-refractivity contribution is 5.95. The molecule has 0 amide bonds. The average molecular weight is 240 g/mol. The van der Waals surface area contributed by atoms with Gasteiger partial charge in [-0.3, -0.25) is 4.68 Å². The van der Waals surface area contributed by atoms with Crippen LogP contribution in [0.5, 0.6) is 0 Å². The molecule has 1 aromatic carbocycles. The van der Waals surface area contributed by atoms with Gasteiger partial charge < -0.3 is 10.3 Å². The average Bonchev–Trinajstić information content (AvgIpc) is 2.81. The molecule has 0 aliphatic carbocycles. The minimum absolute atomic E-state index is 0.676. The Kier molecular flexibility index (Phi) is 2.20. The van der Waals surface area contributed by atoms with Gasteiger partial charge in [0.1, 0.15) is 5.82 Å². The molecule has 2 aromatic heterocycles. The van der Waals surface area contributed by atoms with Crippen molar-refractivity contribution in [2.75, 3.05) is 5.73 Å². The number of fused-ring (bicyclic) bond motifs is 1. The molecular weight excluding hydrogens is 224 g/mol. The van der Waals surface area contributed by atoms with Crippen LogP contribution in [0.3, 0.4) is 0 Å². The summed E-state index contributed by atoms with van der Waals surface area (Å²) in [5, 5.41) is 5.67. The Bertz CT molecular complexity index is 714. The van der Waals surface area contributed by atoms with Gasteiger partial charge in [-0.2, -0.15) is 5.10 Å². The predicted octanol–water partition coefficient (Wildman–Crippen LogP) is 2.47. The van der Waals surface area contributed by atoms with E-state index in [0.29, 0.717) is 5.82 Å². The number of anilines is 1. The number of hydrogen-bond donors (Lipinski definition) is 1. The molecule has 3 rings (SSSR count). The molecule has 0 atom stereocenters. The minimum atomic E-state index is 0.676. The van der Waals surface area contributed by atoms with E-state index in [4.69, 9.17) is 5.73 Å². The zero-order chi connectivity index (χ0) is 12.9. The normalized spacial score (nSPS) is 11.3. The van der Waals surface area contributed by atoms with Crippen molar-refractivity contribution in [2.24, 2.45) is 14.1 Å². The topological polar surface area (TPSA) is 48.8 Å². The van der Waals surface area contributed by atoms with E-state index in [0.717, 1.165) is 11.3 Å². The fraction of sp³-hybridized carbons (Fsp3) is 0.214. The maximum atomic E-state index is 5.85. The summed E-state index contributed by atoms with van der Waals surface area (Å²) in [6.07, 6.45) is 2.10. The highest BCUT2D eigenvalue weighted by atomic mass is 15.3. The van der Waals surface area contributed by atoms with Gasteiger partial charge in [0.05, 0.1) is 5.69 Å². The first-order valence-electron chi connectivity index (χ1n) is 5.92. The molecule has 0 aliphatic rings. The molecule has 2 N–H and O–H groups in total. The van der Waals surface area contributed by atoms with Crippen LogP contribution in [0.1, 0.15) is 5.56 Å². The second kappa shape index (κ2) is 3.63. The lowest BCUT2D eigenvalue weighted by Gasteiger charge is -1.97. The third kappa shape index (κ3) is 1.49. The molecule has 0 spiro atoms. The quantitative estimate of drug-likeness (QED) is 0.710. The van der Waals surface area contributed by atoms with Crippen LogP contribution in [0, 0.1) is 6.92 Å². The summed E-state index contributed by atoms with van der Waals surface area (Å²) in [4.78, 5) is 0. The van der Waals surface area contributed by atoms with Gasteiger partial charge in [-0.25, -0.2) is 0 Å². The molecule has 0 saturated carbocycles. The molecule has 4 heteroatoms. The lowest BCUT2D eigenvalue weighted by molar-refractivity contribution is 0.782. The molecule has 0 bridgehead atoms. The van der Waals surface area contributed by atoms with E-state index in [1.54, 1.807) is 4.68 Å². The third-order valence-corrected chi connectivity index (χ3v) is 3.34. The van der Waals surface area contributed by atoms with Crippen molar-refractivity contribution in [3.05, 3.63) is 36.0 Å². The largest absolute Gasteiger partial charge is 0.384 e. The zero-order valence-electron chi connectivity index (χ0n) is 10.8. The van der Waals surface area contributed by atoms with Crippen LogP contribution < -0.4 is 5.73 Å². The van der Waals surface area contributed by atoms with Crippen molar-refractivity contribution in [3.63, 3.8) is 0 Å². The Morgan fingerprint density at radius 1 is 1.17 bits per heavy atom. The summed E-state index contributed by atoms with van der Waals surface area (Å²) < 4.78 is 3.82. The number of nitrogen functional groups attached to an aromatic ring is 1. The highest BCUT2D eigenvalue weighted by Crippen LogP contribution is 2.30. The van der Waals surface area contributed by atoms with Crippen molar-refractivity contribution in [2.45, 2.75) is 6.92 Å². The monoisotopic (exact) mass is 240 g/mol. The van der Waals surface area contributed by atoms with Gasteiger partial charge in [0, 0.05) is 42.8 Å². The second-order valence-electron chi connectivity index (χ2n) is 4.75. The van der Waals surface area contributed by atoms with Crippen LogP contribution in [0.4, 0.5) is 5.82 Å². The third-order valence-electron chi connectivity index (χ3n) is 3.34. The Morgan fingerprint density at radius 2 is 1.94 bits per heavy atom. The van der Waals surface area contributed by atoms with Gasteiger partial charge in [0.2, 0.25) is 0 Å². The first-order chi connectivity index (χ1) is 8.56. The van der Waals surface area contributed by atoms with Gasteiger partial charge in [-0.1, -0.05) is 11.6 Å². The first kappa shape index (κ1) is 10.9. The van der Waals surface area contributed by atoms with E-state index in [-0.39, 0.29) is 0 Å². The van der Waals surface area contributed by atoms with Crippen molar-refractivity contribution < 1.29 is 0 Å². The second-order valence-corrected chi connectivity index (χ2v) is 4.75. The molecule has 0 fully saturated rings. The van der Waals surface area contributed by atoms with Crippen molar-refractivity contribution >= 4 is 16.7 Å². The molecule has 0 unspecified atom stereocenters. The Hall–Kier alpha value is -2.23. The number of nitrogens with two attached hydrogens (primary N) is 1. The Balaban J connectivity index is 2.32. The van der Waals surface area contributed by atoms with Gasteiger partial charge in [-0.15, -0.1) is 0 Å². The number of hydrogen-bond acceptors (Lipinski definition) is 2. The molecule has 2 heterocycles. The molecule has 0 radical (unpaired) electrons. The van der Waals surface area contributed by atoms with Crippen LogP contribution in [-0.4, -0.2) is 14.3 Å². The lowest BCUT2D eigenvalue weighted by Crippen LogP contribution is -1.96. The van der Waals surface area contributed by atoms with Gasteiger partial charge in [0.25, 0.3) is 0 Å². The Labute approximate surface area is 106 Å². The number of nitrogens with zero attached hydrogens (tertiary/aromatic N) is 3. The summed E-state index contributed by atoms with van der Waals surface area (Å²) in [7, 11) is 3.91. The van der Waals surface area contributed by atoms with Gasteiger partial charge in [-0.05, 0) is 19.1 Å². The van der Waals surface area contributed by atoms with E-state index >= 15 is 0 Å². The molecule has 0 aliphatic heterocycles. The van der Waals surface area contributed by atoms with Crippen LogP contribution >= 0.6 is 0 Å². The zero-order valence-corrected chi connectivity index (χ0v) is 10.8. The maximum absolute atomic E-state index is 5.85. The summed E-state index contributed by atoms with van der Waals surface area (Å²) >= 11 is 0. The van der Waals surface area contributed by atoms with Crippen molar-refractivity contribution in [3.8, 4) is 11.3 Å².